The van der Waals surface area contributed by atoms with Crippen LogP contribution in [0.3, 0.4) is 0 Å². The number of rotatable bonds is 10. The summed E-state index contributed by atoms with van der Waals surface area (Å²) >= 11 is 5.13. The summed E-state index contributed by atoms with van der Waals surface area (Å²) in [4.78, 5) is 41.5. The van der Waals surface area contributed by atoms with Crippen molar-refractivity contribution >= 4 is 46.7 Å². The predicted octanol–water partition coefficient (Wildman–Crippen LogP) is 1.93. The fourth-order valence-electron chi connectivity index (χ4n) is 3.77. The van der Waals surface area contributed by atoms with Crippen LogP contribution in [0.5, 0.6) is 0 Å². The van der Waals surface area contributed by atoms with Gasteiger partial charge in [-0.25, -0.2) is 14.0 Å². The molecule has 3 rings (SSSR count). The Hall–Kier alpha value is -3.19. The molecule has 0 radical (unpaired) electrons. The van der Waals surface area contributed by atoms with Crippen LogP contribution >= 0.6 is 12.2 Å². The Kier molecular flexibility index (Phi) is 10.1. The molecule has 1 N–H and O–H groups in total. The average molecular weight is 527 g/mol. The van der Waals surface area contributed by atoms with Gasteiger partial charge in [0, 0.05) is 33.3 Å². The minimum Gasteiger partial charge on any atom is -0.442 e. The molecule has 2 aliphatic rings. The lowest BCUT2D eigenvalue weighted by molar-refractivity contribution is -0.135. The first kappa shape index (κ1) is 27.4. The highest BCUT2D eigenvalue weighted by Gasteiger charge is 2.33. The molecule has 0 aromatic heterocycles. The van der Waals surface area contributed by atoms with Crippen molar-refractivity contribution < 1.29 is 37.7 Å². The van der Waals surface area contributed by atoms with Crippen LogP contribution < -0.4 is 15.1 Å². The molecule has 2 fully saturated rings. The molecule has 2 heterocycles. The van der Waals surface area contributed by atoms with E-state index >= 15 is 0 Å². The lowest BCUT2D eigenvalue weighted by Crippen LogP contribution is -2.50. The highest BCUT2D eigenvalue weighted by atomic mass is 32.1. The van der Waals surface area contributed by atoms with Crippen molar-refractivity contribution in [3.63, 3.8) is 0 Å². The van der Waals surface area contributed by atoms with Gasteiger partial charge in [-0.05, 0) is 24.6 Å². The molecule has 2 saturated heterocycles. The number of methoxy groups -OCH3 is 1. The minimum atomic E-state index is -0.935. The maximum Gasteiger partial charge on any atom is 0.508 e. The van der Waals surface area contributed by atoms with Gasteiger partial charge in [-0.15, -0.1) is 0 Å². The van der Waals surface area contributed by atoms with Crippen molar-refractivity contribution in [1.29, 1.82) is 0 Å². The van der Waals surface area contributed by atoms with Gasteiger partial charge >= 0.3 is 12.2 Å². The number of amides is 2. The van der Waals surface area contributed by atoms with Crippen molar-refractivity contribution in [3.8, 4) is 0 Å². The third-order valence-corrected chi connectivity index (χ3v) is 6.19. The number of carbonyl (C=O) groups excluding carboxylic acids is 3. The number of nitrogens with one attached hydrogen (secondary N) is 1. The van der Waals surface area contributed by atoms with Crippen LogP contribution in [0.1, 0.15) is 13.3 Å². The number of anilines is 2. The topological polar surface area (TPSA) is 110 Å². The first-order valence-corrected chi connectivity index (χ1v) is 12.1. The fraction of sp³-hybridized carbons (Fsp3) is 0.565. The zero-order valence-electron chi connectivity index (χ0n) is 20.4. The molecule has 13 heteroatoms. The van der Waals surface area contributed by atoms with Crippen LogP contribution in [0, 0.1) is 5.82 Å². The quantitative estimate of drug-likeness (QED) is 0.276. The standard InChI is InChI=1S/C23H31FN4O7S/c1-3-20(36)25-13-17-14-28(22(30)35-17)16-4-5-19(18(24)12-16)26-6-8-27(9-7-26)21(29)15-34-23(31)33-11-10-32-2/h4-5,12,17H,3,6-11,13-15H2,1-2H3,(H,25,36). The number of nitrogens with zero attached hydrogens (tertiary/aromatic N) is 3. The lowest BCUT2D eigenvalue weighted by Gasteiger charge is -2.36. The van der Waals surface area contributed by atoms with Gasteiger partial charge in [0.05, 0.1) is 36.1 Å². The Morgan fingerprint density at radius 3 is 2.61 bits per heavy atom. The molecule has 0 saturated carbocycles. The maximum absolute atomic E-state index is 15.0. The molecule has 1 aromatic carbocycles. The first-order valence-electron chi connectivity index (χ1n) is 11.7. The van der Waals surface area contributed by atoms with Crippen LogP contribution in [0.15, 0.2) is 18.2 Å². The lowest BCUT2D eigenvalue weighted by atomic mass is 10.2. The highest BCUT2D eigenvalue weighted by Crippen LogP contribution is 2.28. The number of cyclic esters (lactones) is 1. The second-order valence-corrected chi connectivity index (χ2v) is 8.65. The SMILES string of the molecule is CCC(=S)NCC1CN(c2ccc(N3CCN(C(=O)COC(=O)OCCOC)CC3)c(F)c2)C(=O)O1. The smallest absolute Gasteiger partial charge is 0.442 e. The molecule has 1 aromatic rings. The van der Waals surface area contributed by atoms with Gasteiger partial charge in [-0.1, -0.05) is 19.1 Å². The summed E-state index contributed by atoms with van der Waals surface area (Å²) in [5.74, 6) is -0.832. The van der Waals surface area contributed by atoms with Crippen molar-refractivity contribution in [2.75, 3.05) is 76.0 Å². The van der Waals surface area contributed by atoms with E-state index in [1.54, 1.807) is 17.0 Å². The Morgan fingerprint density at radius 1 is 1.19 bits per heavy atom. The molecular weight excluding hydrogens is 495 g/mol. The second-order valence-electron chi connectivity index (χ2n) is 8.16. The van der Waals surface area contributed by atoms with Gasteiger partial charge in [-0.3, -0.25) is 9.69 Å². The summed E-state index contributed by atoms with van der Waals surface area (Å²) in [6, 6.07) is 4.60. The molecule has 1 atom stereocenters. The maximum atomic E-state index is 15.0. The molecule has 1 unspecified atom stereocenters. The van der Waals surface area contributed by atoms with E-state index < -0.39 is 24.7 Å². The summed E-state index contributed by atoms with van der Waals surface area (Å²) in [6.45, 7) is 3.95. The predicted molar refractivity (Wildman–Crippen MR) is 133 cm³/mol. The van der Waals surface area contributed by atoms with Crippen molar-refractivity contribution in [3.05, 3.63) is 24.0 Å². The number of hydrogen-bond donors (Lipinski definition) is 1. The normalized spacial score (nSPS) is 17.6. The monoisotopic (exact) mass is 526 g/mol. The highest BCUT2D eigenvalue weighted by molar-refractivity contribution is 7.80. The van der Waals surface area contributed by atoms with Crippen LogP contribution in [0.2, 0.25) is 0 Å². The largest absolute Gasteiger partial charge is 0.508 e. The van der Waals surface area contributed by atoms with Crippen LogP contribution in [-0.2, 0) is 23.7 Å². The summed E-state index contributed by atoms with van der Waals surface area (Å²) < 4.78 is 34.7. The number of thiocarbonyl (C=S) groups is 1. The van der Waals surface area contributed by atoms with Crippen molar-refractivity contribution in [1.82, 2.24) is 10.2 Å². The molecule has 36 heavy (non-hydrogen) atoms. The Labute approximate surface area is 214 Å². The third kappa shape index (κ3) is 7.40. The number of carbonyl (C=O) groups is 3. The van der Waals surface area contributed by atoms with Crippen LogP contribution in [0.25, 0.3) is 0 Å². The van der Waals surface area contributed by atoms with Gasteiger partial charge < -0.3 is 34.1 Å². The molecule has 11 nitrogen and oxygen atoms in total. The van der Waals surface area contributed by atoms with E-state index in [0.29, 0.717) is 62.1 Å². The number of benzene rings is 1. The molecule has 0 spiro atoms. The van der Waals surface area contributed by atoms with E-state index in [2.05, 4.69) is 5.32 Å². The number of hydrogen-bond acceptors (Lipinski definition) is 9. The zero-order chi connectivity index (χ0) is 26.1. The van der Waals surface area contributed by atoms with Gasteiger partial charge in [0.2, 0.25) is 0 Å². The first-order chi connectivity index (χ1) is 17.3. The summed E-state index contributed by atoms with van der Waals surface area (Å²) in [6.07, 6.45) is -1.15. The van der Waals surface area contributed by atoms with Crippen molar-refractivity contribution in [2.24, 2.45) is 0 Å². The minimum absolute atomic E-state index is 0.0386. The average Bonchev–Trinajstić information content (AvgIpc) is 3.26. The Morgan fingerprint density at radius 2 is 1.94 bits per heavy atom. The number of halogens is 1. The number of piperazine rings is 1. The van der Waals surface area contributed by atoms with Gasteiger partial charge in [0.25, 0.3) is 5.91 Å². The molecule has 198 valence electrons. The van der Waals surface area contributed by atoms with E-state index in [4.69, 9.17) is 31.2 Å². The summed E-state index contributed by atoms with van der Waals surface area (Å²) in [7, 11) is 1.47. The van der Waals surface area contributed by atoms with Crippen LogP contribution in [0.4, 0.5) is 25.4 Å². The van der Waals surface area contributed by atoms with Crippen LogP contribution in [-0.4, -0.2) is 100 Å². The second kappa shape index (κ2) is 13.2. The Balaban J connectivity index is 1.48. The van der Waals surface area contributed by atoms with Gasteiger partial charge in [-0.2, -0.15) is 0 Å². The molecule has 0 bridgehead atoms. The van der Waals surface area contributed by atoms with E-state index in [1.807, 2.05) is 11.8 Å². The molecule has 0 aliphatic carbocycles. The van der Waals surface area contributed by atoms with E-state index in [1.165, 1.54) is 18.1 Å². The summed E-state index contributed by atoms with van der Waals surface area (Å²) in [5.41, 5.74) is 0.785. The zero-order valence-corrected chi connectivity index (χ0v) is 21.2. The summed E-state index contributed by atoms with van der Waals surface area (Å²) in [5, 5.41) is 3.05. The van der Waals surface area contributed by atoms with Gasteiger partial charge in [0.1, 0.15) is 18.5 Å². The molecule has 2 aliphatic heterocycles. The third-order valence-electron chi connectivity index (χ3n) is 5.76. The van der Waals surface area contributed by atoms with Crippen molar-refractivity contribution in [2.45, 2.75) is 19.4 Å². The Bertz CT molecular complexity index is 958. The molecule has 2 amide bonds. The molecular formula is C23H31FN4O7S. The van der Waals surface area contributed by atoms with E-state index in [9.17, 15) is 18.8 Å². The van der Waals surface area contributed by atoms with E-state index in [0.717, 1.165) is 0 Å². The fourth-order valence-corrected chi connectivity index (χ4v) is 3.85. The van der Waals surface area contributed by atoms with E-state index in [-0.39, 0.29) is 25.2 Å². The number of ether oxygens (including phenoxy) is 4. The van der Waals surface area contributed by atoms with Gasteiger partial charge in [0.15, 0.2) is 6.61 Å².